The van der Waals surface area contributed by atoms with Crippen molar-refractivity contribution in [1.82, 2.24) is 0 Å². The summed E-state index contributed by atoms with van der Waals surface area (Å²) in [4.78, 5) is 23.4. The van der Waals surface area contributed by atoms with Crippen LogP contribution in [0.25, 0.3) is 0 Å². The van der Waals surface area contributed by atoms with Gasteiger partial charge in [-0.3, -0.25) is 4.79 Å². The Bertz CT molecular complexity index is 519. The number of aryl methyl sites for hydroxylation is 1. The van der Waals surface area contributed by atoms with Crippen molar-refractivity contribution in [3.05, 3.63) is 29.6 Å². The number of hydrogen-bond acceptors (Lipinski definition) is 2. The molecule has 0 atom stereocenters. The average Bonchev–Trinajstić information content (AvgIpc) is 2.29. The number of hydrogen-bond donors (Lipinski definition) is 1. The summed E-state index contributed by atoms with van der Waals surface area (Å²) in [5, 5.41) is 9.05. The zero-order valence-electron chi connectivity index (χ0n) is 9.81. The van der Waals surface area contributed by atoms with Crippen molar-refractivity contribution in [3.8, 4) is 12.3 Å². The molecule has 0 aliphatic rings. The van der Waals surface area contributed by atoms with E-state index in [1.54, 1.807) is 0 Å². The summed E-state index contributed by atoms with van der Waals surface area (Å²) in [5.41, 5.74) is 0.511. The summed E-state index contributed by atoms with van der Waals surface area (Å²) in [7, 11) is 0. The highest BCUT2D eigenvalue weighted by molar-refractivity contribution is 6.12. The van der Waals surface area contributed by atoms with Crippen LogP contribution in [-0.4, -0.2) is 17.1 Å². The molecule has 0 saturated carbocycles. The Balaban J connectivity index is 3.09. The molecular weight excluding hydrogens is 237 g/mol. The van der Waals surface area contributed by atoms with E-state index in [1.807, 2.05) is 0 Å². The van der Waals surface area contributed by atoms with Gasteiger partial charge < -0.3 is 5.11 Å². The molecule has 0 aliphatic heterocycles. The standard InChI is InChI=1S/C13H12FNO3/c1-3-4-5-12(16)15(13(17)18)11-7-6-10(14)8-9(11)2/h1,6-8H,4-5H2,2H3,(H,17,18). The Morgan fingerprint density at radius 1 is 1.50 bits per heavy atom. The maximum Gasteiger partial charge on any atom is 0.418 e. The first kappa shape index (κ1) is 13.7. The van der Waals surface area contributed by atoms with E-state index in [9.17, 15) is 14.0 Å². The van der Waals surface area contributed by atoms with Gasteiger partial charge in [-0.25, -0.2) is 14.1 Å². The number of amides is 2. The second-order valence-corrected chi connectivity index (χ2v) is 3.65. The van der Waals surface area contributed by atoms with Crippen molar-refractivity contribution in [2.45, 2.75) is 19.8 Å². The lowest BCUT2D eigenvalue weighted by atomic mass is 10.1. The molecule has 2 amide bonds. The second-order valence-electron chi connectivity index (χ2n) is 3.65. The van der Waals surface area contributed by atoms with Gasteiger partial charge in [0.25, 0.3) is 0 Å². The lowest BCUT2D eigenvalue weighted by molar-refractivity contribution is -0.118. The molecule has 0 aliphatic carbocycles. The topological polar surface area (TPSA) is 57.6 Å². The molecule has 0 radical (unpaired) electrons. The van der Waals surface area contributed by atoms with Gasteiger partial charge in [-0.2, -0.15) is 0 Å². The molecule has 1 aromatic rings. The van der Waals surface area contributed by atoms with Crippen LogP contribution in [-0.2, 0) is 4.79 Å². The number of carbonyl (C=O) groups is 2. The lowest BCUT2D eigenvalue weighted by Crippen LogP contribution is -2.36. The zero-order chi connectivity index (χ0) is 13.7. The molecule has 1 aromatic carbocycles. The monoisotopic (exact) mass is 249 g/mol. The van der Waals surface area contributed by atoms with Crippen molar-refractivity contribution in [3.63, 3.8) is 0 Å². The Hall–Kier alpha value is -2.35. The molecule has 18 heavy (non-hydrogen) atoms. The highest BCUT2D eigenvalue weighted by Crippen LogP contribution is 2.22. The predicted molar refractivity (Wildman–Crippen MR) is 64.7 cm³/mol. The summed E-state index contributed by atoms with van der Waals surface area (Å²) in [6.45, 7) is 1.53. The van der Waals surface area contributed by atoms with Crippen molar-refractivity contribution in [1.29, 1.82) is 0 Å². The summed E-state index contributed by atoms with van der Waals surface area (Å²) < 4.78 is 12.9. The van der Waals surface area contributed by atoms with Crippen molar-refractivity contribution in [2.24, 2.45) is 0 Å². The maximum atomic E-state index is 12.9. The minimum Gasteiger partial charge on any atom is -0.464 e. The number of terminal acetylenes is 1. The van der Waals surface area contributed by atoms with Crippen molar-refractivity contribution < 1.29 is 19.1 Å². The van der Waals surface area contributed by atoms with Gasteiger partial charge in [-0.15, -0.1) is 12.3 Å². The quantitative estimate of drug-likeness (QED) is 0.837. The largest absolute Gasteiger partial charge is 0.464 e. The number of imide groups is 1. The number of rotatable bonds is 3. The Labute approximate surface area is 104 Å². The van der Waals surface area contributed by atoms with Crippen LogP contribution in [0.3, 0.4) is 0 Å². The van der Waals surface area contributed by atoms with Gasteiger partial charge >= 0.3 is 6.09 Å². The third kappa shape index (κ3) is 3.08. The van der Waals surface area contributed by atoms with Crippen LogP contribution in [0, 0.1) is 25.1 Å². The molecule has 0 spiro atoms. The first-order valence-electron chi connectivity index (χ1n) is 5.23. The summed E-state index contributed by atoms with van der Waals surface area (Å²) in [6, 6.07) is 3.53. The number of halogens is 1. The van der Waals surface area contributed by atoms with E-state index in [0.717, 1.165) is 6.07 Å². The van der Waals surface area contributed by atoms with E-state index in [-0.39, 0.29) is 18.5 Å². The van der Waals surface area contributed by atoms with Crippen molar-refractivity contribution >= 4 is 17.7 Å². The van der Waals surface area contributed by atoms with E-state index in [1.165, 1.54) is 19.1 Å². The minimum absolute atomic E-state index is 0.0698. The average molecular weight is 249 g/mol. The Morgan fingerprint density at radius 3 is 2.67 bits per heavy atom. The van der Waals surface area contributed by atoms with Crippen LogP contribution in [0.5, 0.6) is 0 Å². The fourth-order valence-corrected chi connectivity index (χ4v) is 1.50. The Morgan fingerprint density at radius 2 is 2.17 bits per heavy atom. The van der Waals surface area contributed by atoms with Gasteiger partial charge in [0, 0.05) is 12.8 Å². The van der Waals surface area contributed by atoms with Crippen LogP contribution < -0.4 is 4.90 Å². The molecule has 1 rings (SSSR count). The normalized spacial score (nSPS) is 9.61. The third-order valence-corrected chi connectivity index (χ3v) is 2.32. The lowest BCUT2D eigenvalue weighted by Gasteiger charge is -2.19. The number of anilines is 1. The second kappa shape index (κ2) is 5.82. The third-order valence-electron chi connectivity index (χ3n) is 2.32. The maximum absolute atomic E-state index is 12.9. The predicted octanol–water partition coefficient (Wildman–Crippen LogP) is 2.56. The van der Waals surface area contributed by atoms with Crippen molar-refractivity contribution in [2.75, 3.05) is 4.90 Å². The van der Waals surface area contributed by atoms with Crippen LogP contribution in [0.2, 0.25) is 0 Å². The molecule has 1 N–H and O–H groups in total. The number of benzene rings is 1. The fraction of sp³-hybridized carbons (Fsp3) is 0.231. The van der Waals surface area contributed by atoms with Gasteiger partial charge in [0.05, 0.1) is 5.69 Å². The SMILES string of the molecule is C#CCCC(=O)N(C(=O)O)c1ccc(F)cc1C. The fourth-order valence-electron chi connectivity index (χ4n) is 1.50. The van der Waals surface area contributed by atoms with E-state index in [2.05, 4.69) is 5.92 Å². The number of carbonyl (C=O) groups excluding carboxylic acids is 1. The van der Waals surface area contributed by atoms with E-state index in [4.69, 9.17) is 11.5 Å². The van der Waals surface area contributed by atoms with E-state index in [0.29, 0.717) is 10.5 Å². The highest BCUT2D eigenvalue weighted by Gasteiger charge is 2.23. The molecule has 5 heteroatoms. The summed E-state index contributed by atoms with van der Waals surface area (Å²) in [6.07, 6.45) is 3.70. The molecule has 0 bridgehead atoms. The first-order chi connectivity index (χ1) is 8.47. The van der Waals surface area contributed by atoms with E-state index >= 15 is 0 Å². The zero-order valence-corrected chi connectivity index (χ0v) is 9.81. The smallest absolute Gasteiger partial charge is 0.418 e. The van der Waals surface area contributed by atoms with Gasteiger partial charge in [-0.1, -0.05) is 0 Å². The summed E-state index contributed by atoms with van der Waals surface area (Å²) >= 11 is 0. The highest BCUT2D eigenvalue weighted by atomic mass is 19.1. The van der Waals surface area contributed by atoms with Crippen LogP contribution in [0.1, 0.15) is 18.4 Å². The molecular formula is C13H12FNO3. The van der Waals surface area contributed by atoms with Gasteiger partial charge in [0.1, 0.15) is 5.82 Å². The van der Waals surface area contributed by atoms with Crippen LogP contribution in [0.4, 0.5) is 14.9 Å². The molecule has 0 saturated heterocycles. The van der Waals surface area contributed by atoms with E-state index < -0.39 is 17.8 Å². The number of carboxylic acid groups (broad SMARTS) is 1. The number of nitrogens with zero attached hydrogens (tertiary/aromatic N) is 1. The Kier molecular flexibility index (Phi) is 4.44. The first-order valence-corrected chi connectivity index (χ1v) is 5.23. The molecule has 0 aromatic heterocycles. The van der Waals surface area contributed by atoms with Gasteiger partial charge in [0.2, 0.25) is 5.91 Å². The summed E-state index contributed by atoms with van der Waals surface area (Å²) in [5.74, 6) is 1.15. The molecule has 0 fully saturated rings. The van der Waals surface area contributed by atoms with Crippen LogP contribution in [0.15, 0.2) is 18.2 Å². The minimum atomic E-state index is -1.41. The van der Waals surface area contributed by atoms with Gasteiger partial charge in [0.15, 0.2) is 0 Å². The molecule has 0 heterocycles. The van der Waals surface area contributed by atoms with Crippen LogP contribution >= 0.6 is 0 Å². The molecule has 4 nitrogen and oxygen atoms in total. The van der Waals surface area contributed by atoms with Gasteiger partial charge in [-0.05, 0) is 30.7 Å². The molecule has 0 unspecified atom stereocenters. The molecule has 94 valence electrons.